The molecule has 0 aliphatic rings. The Kier molecular flexibility index (Phi) is 4.08. The number of carbonyl (C=O) groups is 1. The first-order chi connectivity index (χ1) is 7.04. The summed E-state index contributed by atoms with van der Waals surface area (Å²) in [6, 6.07) is 4.25. The molecular weight excluding hydrogens is 267 g/mol. The van der Waals surface area contributed by atoms with Crippen molar-refractivity contribution in [3.63, 3.8) is 0 Å². The number of benzene rings is 1. The molecule has 0 amide bonds. The zero-order chi connectivity index (χ0) is 11.4. The van der Waals surface area contributed by atoms with E-state index in [2.05, 4.69) is 20.7 Å². The molecule has 0 aliphatic heterocycles. The topological polar surface area (TPSA) is 35.5 Å². The normalized spacial score (nSPS) is 12.0. The molecule has 0 N–H and O–H groups in total. The van der Waals surface area contributed by atoms with E-state index < -0.39 is 17.9 Å². The average Bonchev–Trinajstić information content (AvgIpc) is 2.22. The SMILES string of the molecule is COC(=O)[C@H](C)Oc1cc(Br)ccc1F. The van der Waals surface area contributed by atoms with E-state index in [1.807, 2.05) is 0 Å². The molecule has 0 saturated heterocycles. The van der Waals surface area contributed by atoms with Crippen LogP contribution < -0.4 is 4.74 Å². The Morgan fingerprint density at radius 3 is 2.80 bits per heavy atom. The smallest absolute Gasteiger partial charge is 0.346 e. The van der Waals surface area contributed by atoms with Gasteiger partial charge in [0.05, 0.1) is 7.11 Å². The minimum absolute atomic E-state index is 0.0160. The van der Waals surface area contributed by atoms with Crippen LogP contribution >= 0.6 is 15.9 Å². The van der Waals surface area contributed by atoms with E-state index in [9.17, 15) is 9.18 Å². The molecule has 0 saturated carbocycles. The van der Waals surface area contributed by atoms with Gasteiger partial charge in [-0.05, 0) is 25.1 Å². The van der Waals surface area contributed by atoms with Crippen molar-refractivity contribution >= 4 is 21.9 Å². The van der Waals surface area contributed by atoms with Crippen LogP contribution in [0.4, 0.5) is 4.39 Å². The summed E-state index contributed by atoms with van der Waals surface area (Å²) in [5, 5.41) is 0. The van der Waals surface area contributed by atoms with Gasteiger partial charge in [0.1, 0.15) is 0 Å². The highest BCUT2D eigenvalue weighted by atomic mass is 79.9. The van der Waals surface area contributed by atoms with Gasteiger partial charge in [0.25, 0.3) is 0 Å². The highest BCUT2D eigenvalue weighted by Crippen LogP contribution is 2.23. The Hall–Kier alpha value is -1.10. The van der Waals surface area contributed by atoms with E-state index in [0.717, 1.165) is 0 Å². The van der Waals surface area contributed by atoms with Crippen LogP contribution in [0, 0.1) is 5.82 Å². The molecule has 0 bridgehead atoms. The number of methoxy groups -OCH3 is 1. The maximum absolute atomic E-state index is 13.2. The van der Waals surface area contributed by atoms with Crippen LogP contribution in [-0.2, 0) is 9.53 Å². The van der Waals surface area contributed by atoms with E-state index in [4.69, 9.17) is 4.74 Å². The highest BCUT2D eigenvalue weighted by molar-refractivity contribution is 9.10. The van der Waals surface area contributed by atoms with Gasteiger partial charge in [0.2, 0.25) is 0 Å². The predicted octanol–water partition coefficient (Wildman–Crippen LogP) is 2.53. The number of esters is 1. The van der Waals surface area contributed by atoms with Crippen molar-refractivity contribution in [3.8, 4) is 5.75 Å². The van der Waals surface area contributed by atoms with Gasteiger partial charge in [-0.1, -0.05) is 15.9 Å². The Morgan fingerprint density at radius 2 is 2.20 bits per heavy atom. The number of halogens is 2. The summed E-state index contributed by atoms with van der Waals surface area (Å²) in [4.78, 5) is 11.0. The lowest BCUT2D eigenvalue weighted by Crippen LogP contribution is -2.25. The van der Waals surface area contributed by atoms with E-state index in [1.54, 1.807) is 6.07 Å². The number of hydrogen-bond acceptors (Lipinski definition) is 3. The summed E-state index contributed by atoms with van der Waals surface area (Å²) in [5.74, 6) is -1.05. The van der Waals surface area contributed by atoms with Crippen molar-refractivity contribution in [2.75, 3.05) is 7.11 Å². The van der Waals surface area contributed by atoms with E-state index in [1.165, 1.54) is 26.2 Å². The molecule has 5 heteroatoms. The molecule has 0 aliphatic carbocycles. The zero-order valence-electron chi connectivity index (χ0n) is 8.29. The quantitative estimate of drug-likeness (QED) is 0.796. The van der Waals surface area contributed by atoms with Crippen LogP contribution in [0.3, 0.4) is 0 Å². The molecule has 1 atom stereocenters. The van der Waals surface area contributed by atoms with Crippen LogP contribution in [0.2, 0.25) is 0 Å². The lowest BCUT2D eigenvalue weighted by atomic mass is 10.3. The second-order valence-electron chi connectivity index (χ2n) is 2.86. The van der Waals surface area contributed by atoms with E-state index in [-0.39, 0.29) is 5.75 Å². The van der Waals surface area contributed by atoms with Gasteiger partial charge in [-0.3, -0.25) is 0 Å². The van der Waals surface area contributed by atoms with Gasteiger partial charge >= 0.3 is 5.97 Å². The fourth-order valence-electron chi connectivity index (χ4n) is 0.972. The highest BCUT2D eigenvalue weighted by Gasteiger charge is 2.16. The lowest BCUT2D eigenvalue weighted by molar-refractivity contribution is -0.148. The molecule has 3 nitrogen and oxygen atoms in total. The lowest BCUT2D eigenvalue weighted by Gasteiger charge is -2.12. The summed E-state index contributed by atoms with van der Waals surface area (Å²) in [6.45, 7) is 1.49. The van der Waals surface area contributed by atoms with Gasteiger partial charge in [0, 0.05) is 4.47 Å². The number of ether oxygens (including phenoxy) is 2. The van der Waals surface area contributed by atoms with E-state index >= 15 is 0 Å². The molecule has 0 radical (unpaired) electrons. The van der Waals surface area contributed by atoms with Crippen molar-refractivity contribution in [2.45, 2.75) is 13.0 Å². The molecule has 0 unspecified atom stereocenters. The molecule has 0 aromatic heterocycles. The summed E-state index contributed by atoms with van der Waals surface area (Å²) in [7, 11) is 1.25. The van der Waals surface area contributed by atoms with Gasteiger partial charge in [-0.2, -0.15) is 0 Å². The Morgan fingerprint density at radius 1 is 1.53 bits per heavy atom. The van der Waals surface area contributed by atoms with Gasteiger partial charge in [0.15, 0.2) is 17.7 Å². The molecule has 0 fully saturated rings. The Labute approximate surface area is 95.3 Å². The fourth-order valence-corrected chi connectivity index (χ4v) is 1.31. The Bertz CT molecular complexity index is 368. The monoisotopic (exact) mass is 276 g/mol. The summed E-state index contributed by atoms with van der Waals surface area (Å²) < 4.78 is 23.4. The first kappa shape index (κ1) is 12.0. The maximum Gasteiger partial charge on any atom is 0.346 e. The minimum Gasteiger partial charge on any atom is -0.476 e. The number of rotatable bonds is 3. The largest absolute Gasteiger partial charge is 0.476 e. The van der Waals surface area contributed by atoms with Gasteiger partial charge in [-0.25, -0.2) is 9.18 Å². The van der Waals surface area contributed by atoms with Crippen LogP contribution in [0.15, 0.2) is 22.7 Å². The van der Waals surface area contributed by atoms with Crippen LogP contribution in [-0.4, -0.2) is 19.2 Å². The van der Waals surface area contributed by atoms with Crippen LogP contribution in [0.5, 0.6) is 5.75 Å². The molecule has 82 valence electrons. The summed E-state index contributed by atoms with van der Waals surface area (Å²) in [5.41, 5.74) is 0. The molecule has 1 rings (SSSR count). The standard InChI is InChI=1S/C10H10BrFO3/c1-6(10(13)14-2)15-9-5-7(11)3-4-8(9)12/h3-6H,1-2H3/t6-/m0/s1. The molecular formula is C10H10BrFO3. The molecule has 1 aromatic rings. The third-order valence-electron chi connectivity index (χ3n) is 1.73. The van der Waals surface area contributed by atoms with Gasteiger partial charge < -0.3 is 9.47 Å². The van der Waals surface area contributed by atoms with Crippen molar-refractivity contribution in [2.24, 2.45) is 0 Å². The molecule has 15 heavy (non-hydrogen) atoms. The van der Waals surface area contributed by atoms with Crippen molar-refractivity contribution in [1.29, 1.82) is 0 Å². The number of carbonyl (C=O) groups excluding carboxylic acids is 1. The first-order valence-corrected chi connectivity index (χ1v) is 5.03. The van der Waals surface area contributed by atoms with Crippen molar-refractivity contribution in [3.05, 3.63) is 28.5 Å². The summed E-state index contributed by atoms with van der Waals surface area (Å²) in [6.07, 6.45) is -0.834. The first-order valence-electron chi connectivity index (χ1n) is 4.24. The maximum atomic E-state index is 13.2. The second-order valence-corrected chi connectivity index (χ2v) is 3.77. The van der Waals surface area contributed by atoms with Crippen LogP contribution in [0.25, 0.3) is 0 Å². The second kappa shape index (κ2) is 5.11. The molecule has 1 aromatic carbocycles. The summed E-state index contributed by atoms with van der Waals surface area (Å²) >= 11 is 3.18. The predicted molar refractivity (Wildman–Crippen MR) is 56.2 cm³/mol. The fraction of sp³-hybridized carbons (Fsp3) is 0.300. The number of hydrogen-bond donors (Lipinski definition) is 0. The van der Waals surface area contributed by atoms with Crippen LogP contribution in [0.1, 0.15) is 6.92 Å². The minimum atomic E-state index is -0.834. The third-order valence-corrected chi connectivity index (χ3v) is 2.22. The van der Waals surface area contributed by atoms with Crippen molar-refractivity contribution in [1.82, 2.24) is 0 Å². The molecule has 0 spiro atoms. The van der Waals surface area contributed by atoms with Gasteiger partial charge in [-0.15, -0.1) is 0 Å². The molecule has 0 heterocycles. The zero-order valence-corrected chi connectivity index (χ0v) is 9.88. The Balaban J connectivity index is 2.80. The van der Waals surface area contributed by atoms with Crippen molar-refractivity contribution < 1.29 is 18.7 Å². The van der Waals surface area contributed by atoms with E-state index in [0.29, 0.717) is 4.47 Å². The average molecular weight is 277 g/mol. The third kappa shape index (κ3) is 3.20.